The fraction of sp³-hybridized carbons (Fsp3) is 0.682. The summed E-state index contributed by atoms with van der Waals surface area (Å²) in [6, 6.07) is 0. The van der Waals surface area contributed by atoms with E-state index in [1.807, 2.05) is 34.5 Å². The van der Waals surface area contributed by atoms with E-state index in [0.717, 1.165) is 36.8 Å². The summed E-state index contributed by atoms with van der Waals surface area (Å²) in [5, 5.41) is 12.0. The molecule has 1 aromatic rings. The van der Waals surface area contributed by atoms with Gasteiger partial charge in [0.25, 0.3) is 0 Å². The molecule has 4 rings (SSSR count). The highest BCUT2D eigenvalue weighted by atomic mass is 32.2. The quantitative estimate of drug-likeness (QED) is 0.403. The number of thiazole rings is 1. The molecule has 2 aliphatic heterocycles. The van der Waals surface area contributed by atoms with E-state index in [-0.39, 0.29) is 11.2 Å². The van der Waals surface area contributed by atoms with E-state index in [2.05, 4.69) is 38.1 Å². The highest BCUT2D eigenvalue weighted by molar-refractivity contribution is 8.03. The van der Waals surface area contributed by atoms with Gasteiger partial charge in [-0.25, -0.2) is 4.98 Å². The van der Waals surface area contributed by atoms with Crippen molar-refractivity contribution in [3.05, 3.63) is 33.4 Å². The van der Waals surface area contributed by atoms with Crippen molar-refractivity contribution in [1.29, 1.82) is 0 Å². The molecule has 1 aliphatic carbocycles. The van der Waals surface area contributed by atoms with Gasteiger partial charge in [-0.1, -0.05) is 33.2 Å². The van der Waals surface area contributed by atoms with Crippen LogP contribution in [0, 0.1) is 11.3 Å². The molecule has 1 fully saturated rings. The third-order valence-electron chi connectivity index (χ3n) is 6.34. The van der Waals surface area contributed by atoms with E-state index in [1.165, 1.54) is 41.0 Å². The lowest BCUT2D eigenvalue weighted by atomic mass is 9.73. The van der Waals surface area contributed by atoms with Crippen LogP contribution in [0.2, 0.25) is 0 Å². The predicted octanol–water partition coefficient (Wildman–Crippen LogP) is 6.35. The lowest BCUT2D eigenvalue weighted by molar-refractivity contribution is 0.288. The summed E-state index contributed by atoms with van der Waals surface area (Å²) in [5.74, 6) is 0.316. The van der Waals surface area contributed by atoms with Crippen molar-refractivity contribution in [2.75, 3.05) is 25.0 Å². The number of aliphatic hydroxyl groups is 1. The number of thioether (sulfide) groups is 1. The minimum absolute atomic E-state index is 0.00760. The van der Waals surface area contributed by atoms with Crippen molar-refractivity contribution in [3.8, 4) is 0 Å². The van der Waals surface area contributed by atoms with Gasteiger partial charge in [0.15, 0.2) is 5.13 Å². The number of nitrogens with zero attached hydrogens (tertiary/aromatic N) is 3. The summed E-state index contributed by atoms with van der Waals surface area (Å²) in [7, 11) is 1.98. The summed E-state index contributed by atoms with van der Waals surface area (Å²) < 4.78 is 1.90. The second-order valence-electron chi connectivity index (χ2n) is 9.47. The number of piperidine rings is 1. The lowest BCUT2D eigenvalue weighted by Gasteiger charge is -2.32. The van der Waals surface area contributed by atoms with Crippen LogP contribution >= 0.6 is 35.9 Å². The van der Waals surface area contributed by atoms with Gasteiger partial charge in [-0.05, 0) is 61.5 Å². The van der Waals surface area contributed by atoms with Gasteiger partial charge in [0.1, 0.15) is 0 Å². The lowest BCUT2D eigenvalue weighted by Crippen LogP contribution is -2.29. The highest BCUT2D eigenvalue weighted by Gasteiger charge is 2.44. The zero-order valence-corrected chi connectivity index (χ0v) is 20.3. The van der Waals surface area contributed by atoms with E-state index >= 15 is 0 Å². The van der Waals surface area contributed by atoms with Crippen LogP contribution in [0.4, 0.5) is 5.13 Å². The Morgan fingerprint density at radius 1 is 1.34 bits per heavy atom. The molecule has 1 N–H and O–H groups in total. The average Bonchev–Trinajstić information content (AvgIpc) is 3.22. The molecular formula is C22H33N3OS3. The minimum Gasteiger partial charge on any atom is -0.512 e. The molecular weight excluding hydrogens is 418 g/mol. The molecule has 0 spiro atoms. The van der Waals surface area contributed by atoms with Crippen LogP contribution in [-0.2, 0) is 6.54 Å². The van der Waals surface area contributed by atoms with Crippen LogP contribution in [-0.4, -0.2) is 34.5 Å². The Hall–Kier alpha value is -0.630. The first-order valence-corrected chi connectivity index (χ1v) is 12.8. The van der Waals surface area contributed by atoms with Gasteiger partial charge in [-0.3, -0.25) is 4.31 Å². The molecule has 29 heavy (non-hydrogen) atoms. The molecule has 0 amide bonds. The van der Waals surface area contributed by atoms with E-state index < -0.39 is 0 Å². The summed E-state index contributed by atoms with van der Waals surface area (Å²) in [6.45, 7) is 11.6. The number of aromatic nitrogens is 1. The SMILES string of the molecule is C=C(O)C1C2=C(CCC(C)(C)C2)SC1c1sc(N2CCCCC2)nc1CN(C)S. The number of hydrogen-bond donors (Lipinski definition) is 2. The third-order valence-corrected chi connectivity index (χ3v) is 9.39. The Labute approximate surface area is 189 Å². The van der Waals surface area contributed by atoms with Crippen LogP contribution in [0.3, 0.4) is 0 Å². The van der Waals surface area contributed by atoms with Crippen molar-refractivity contribution in [3.63, 3.8) is 0 Å². The van der Waals surface area contributed by atoms with Crippen molar-refractivity contribution >= 4 is 41.0 Å². The Balaban J connectivity index is 1.69. The summed E-state index contributed by atoms with van der Waals surface area (Å²) in [6.07, 6.45) is 7.19. The molecule has 0 aromatic carbocycles. The molecule has 0 radical (unpaired) electrons. The van der Waals surface area contributed by atoms with Crippen LogP contribution in [0.15, 0.2) is 22.8 Å². The molecule has 2 atom stereocenters. The molecule has 0 saturated carbocycles. The maximum Gasteiger partial charge on any atom is 0.185 e. The molecule has 1 aromatic heterocycles. The van der Waals surface area contributed by atoms with Crippen molar-refractivity contribution < 1.29 is 5.11 Å². The van der Waals surface area contributed by atoms with Gasteiger partial charge >= 0.3 is 0 Å². The van der Waals surface area contributed by atoms with Crippen molar-refractivity contribution in [2.24, 2.45) is 11.3 Å². The fourth-order valence-electron chi connectivity index (χ4n) is 4.84. The Morgan fingerprint density at radius 2 is 2.07 bits per heavy atom. The maximum absolute atomic E-state index is 10.6. The highest BCUT2D eigenvalue weighted by Crippen LogP contribution is 2.61. The summed E-state index contributed by atoms with van der Waals surface area (Å²) in [4.78, 5) is 10.3. The Morgan fingerprint density at radius 3 is 2.72 bits per heavy atom. The largest absolute Gasteiger partial charge is 0.512 e. The maximum atomic E-state index is 10.6. The fourth-order valence-corrected chi connectivity index (χ4v) is 7.99. The van der Waals surface area contributed by atoms with Crippen molar-refractivity contribution in [1.82, 2.24) is 9.29 Å². The first-order valence-electron chi connectivity index (χ1n) is 10.7. The van der Waals surface area contributed by atoms with Crippen LogP contribution in [0.5, 0.6) is 0 Å². The number of anilines is 1. The monoisotopic (exact) mass is 451 g/mol. The second kappa shape index (κ2) is 8.48. The third kappa shape index (κ3) is 4.53. The topological polar surface area (TPSA) is 39.6 Å². The Bertz CT molecular complexity index is 808. The first-order chi connectivity index (χ1) is 13.7. The van der Waals surface area contributed by atoms with E-state index in [4.69, 9.17) is 4.98 Å². The number of allylic oxidation sites excluding steroid dienone is 2. The standard InChI is InChI=1S/C22H33N3OS3/c1-14(26)18-15-12-22(2,3)9-8-17(15)28-20(18)19-16(13-24(4)27)23-21(29-19)25-10-6-5-7-11-25/h18,20,26-27H,1,5-13H2,2-4H3. The number of hydrogen-bond acceptors (Lipinski definition) is 7. The molecule has 4 nitrogen and oxygen atoms in total. The molecule has 1 saturated heterocycles. The molecule has 3 heterocycles. The normalized spacial score (nSPS) is 26.9. The van der Waals surface area contributed by atoms with E-state index in [1.54, 1.807) is 0 Å². The van der Waals surface area contributed by atoms with Gasteiger partial charge in [0.05, 0.1) is 29.2 Å². The first kappa shape index (κ1) is 21.6. The Kier molecular flexibility index (Phi) is 6.32. The predicted molar refractivity (Wildman–Crippen MR) is 129 cm³/mol. The molecule has 3 aliphatic rings. The smallest absolute Gasteiger partial charge is 0.185 e. The van der Waals surface area contributed by atoms with Gasteiger partial charge in [-0.2, -0.15) is 0 Å². The molecule has 7 heteroatoms. The zero-order chi connectivity index (χ0) is 20.8. The van der Waals surface area contributed by atoms with E-state index in [9.17, 15) is 5.11 Å². The molecule has 160 valence electrons. The van der Waals surface area contributed by atoms with Crippen LogP contribution in [0.1, 0.15) is 68.2 Å². The van der Waals surface area contributed by atoms with Crippen LogP contribution in [0.25, 0.3) is 0 Å². The molecule has 2 unspecified atom stereocenters. The number of rotatable bonds is 5. The van der Waals surface area contributed by atoms with Crippen LogP contribution < -0.4 is 4.90 Å². The average molecular weight is 452 g/mol. The van der Waals surface area contributed by atoms with Gasteiger partial charge < -0.3 is 10.0 Å². The zero-order valence-electron chi connectivity index (χ0n) is 17.8. The second-order valence-corrected chi connectivity index (χ2v) is 12.4. The summed E-state index contributed by atoms with van der Waals surface area (Å²) in [5.41, 5.74) is 2.82. The number of thiol groups is 1. The molecule has 0 bridgehead atoms. The van der Waals surface area contributed by atoms with Gasteiger partial charge in [0, 0.05) is 18.0 Å². The summed E-state index contributed by atoms with van der Waals surface area (Å²) >= 11 is 8.28. The van der Waals surface area contributed by atoms with Crippen molar-refractivity contribution in [2.45, 2.75) is 64.2 Å². The number of aliphatic hydroxyl groups excluding tert-OH is 1. The van der Waals surface area contributed by atoms with Gasteiger partial charge in [0.2, 0.25) is 0 Å². The minimum atomic E-state index is 0.00760. The van der Waals surface area contributed by atoms with E-state index in [0.29, 0.717) is 17.7 Å². The van der Waals surface area contributed by atoms with Gasteiger partial charge in [-0.15, -0.1) is 23.1 Å².